The third kappa shape index (κ3) is 2.11. The third-order valence-electron chi connectivity index (χ3n) is 1.94. The fourth-order valence-electron chi connectivity index (χ4n) is 1.27. The van der Waals surface area contributed by atoms with E-state index in [-0.39, 0.29) is 23.6 Å². The Balaban J connectivity index is 3.35. The predicted octanol–water partition coefficient (Wildman–Crippen LogP) is 1.03. The van der Waals surface area contributed by atoms with Gasteiger partial charge in [0.15, 0.2) is 23.1 Å². The smallest absolute Gasteiger partial charge is 0.173 e. The van der Waals surface area contributed by atoms with Crippen molar-refractivity contribution in [3.8, 4) is 17.2 Å². The maximum atomic E-state index is 13.4. The van der Waals surface area contributed by atoms with Crippen LogP contribution in [-0.4, -0.2) is 24.5 Å². The van der Waals surface area contributed by atoms with Crippen LogP contribution in [0.3, 0.4) is 0 Å². The Bertz CT molecular complexity index is 356. The van der Waals surface area contributed by atoms with Crippen molar-refractivity contribution in [2.75, 3.05) is 14.2 Å². The van der Waals surface area contributed by atoms with Gasteiger partial charge in [0.2, 0.25) is 0 Å². The first-order valence-corrected chi connectivity index (χ1v) is 4.15. The number of rotatable bonds is 4. The normalized spacial score (nSPS) is 10.1. The van der Waals surface area contributed by atoms with Crippen LogP contribution in [0.1, 0.15) is 5.56 Å². The second-order valence-electron chi connectivity index (χ2n) is 2.76. The maximum Gasteiger partial charge on any atom is 0.173 e. The summed E-state index contributed by atoms with van der Waals surface area (Å²) >= 11 is 0. The molecule has 15 heavy (non-hydrogen) atoms. The van der Waals surface area contributed by atoms with Crippen LogP contribution in [-0.2, 0) is 6.54 Å². The molecule has 1 rings (SSSR count). The average molecular weight is 217 g/mol. The summed E-state index contributed by atoms with van der Waals surface area (Å²) in [4.78, 5) is 0. The van der Waals surface area contributed by atoms with Gasteiger partial charge in [-0.2, -0.15) is 0 Å². The lowest BCUT2D eigenvalue weighted by Crippen LogP contribution is -2.10. The highest BCUT2D eigenvalue weighted by molar-refractivity contribution is 5.52. The van der Waals surface area contributed by atoms with Crippen LogP contribution in [0, 0.1) is 5.82 Å². The molecule has 1 aromatic rings. The Labute approximate surface area is 86.0 Å². The molecule has 0 saturated heterocycles. The minimum atomic E-state index is -0.853. The molecule has 0 aliphatic rings. The summed E-state index contributed by atoms with van der Waals surface area (Å²) in [5, 5.41) is 17.8. The zero-order chi connectivity index (χ0) is 11.4. The third-order valence-corrected chi connectivity index (χ3v) is 1.94. The summed E-state index contributed by atoms with van der Waals surface area (Å²) in [6.07, 6.45) is 0. The zero-order valence-corrected chi connectivity index (χ0v) is 8.37. The number of methoxy groups -OCH3 is 2. The standard InChI is InChI=1S/C9H12FNO4/c1-14-7-3-6(12)8(10)5(4-11-13)9(7)15-2/h3,11-13H,4H2,1-2H3. The quantitative estimate of drug-likeness (QED) is 0.657. The molecule has 1 aromatic carbocycles. The van der Waals surface area contributed by atoms with Crippen LogP contribution < -0.4 is 15.0 Å². The first-order chi connectivity index (χ1) is 7.15. The molecular weight excluding hydrogens is 205 g/mol. The number of phenols is 1. The molecule has 84 valence electrons. The number of nitrogens with one attached hydrogen (secondary N) is 1. The molecule has 3 N–H and O–H groups in total. The fraction of sp³-hybridized carbons (Fsp3) is 0.333. The van der Waals surface area contributed by atoms with E-state index >= 15 is 0 Å². The molecule has 0 heterocycles. The van der Waals surface area contributed by atoms with Gasteiger partial charge in [0.25, 0.3) is 0 Å². The molecule has 6 heteroatoms. The summed E-state index contributed by atoms with van der Waals surface area (Å²) in [5.41, 5.74) is 1.79. The van der Waals surface area contributed by atoms with Gasteiger partial charge in [0.05, 0.1) is 26.3 Å². The van der Waals surface area contributed by atoms with Crippen molar-refractivity contribution in [3.63, 3.8) is 0 Å². The lowest BCUT2D eigenvalue weighted by Gasteiger charge is -2.13. The minimum absolute atomic E-state index is 0.00292. The van der Waals surface area contributed by atoms with E-state index in [0.29, 0.717) is 0 Å². The Morgan fingerprint density at radius 3 is 2.53 bits per heavy atom. The molecule has 0 radical (unpaired) electrons. The van der Waals surface area contributed by atoms with Crippen LogP contribution in [0.4, 0.5) is 4.39 Å². The van der Waals surface area contributed by atoms with Crippen LogP contribution in [0.15, 0.2) is 6.07 Å². The van der Waals surface area contributed by atoms with E-state index < -0.39 is 11.6 Å². The van der Waals surface area contributed by atoms with Crippen molar-refractivity contribution in [1.29, 1.82) is 0 Å². The molecule has 5 nitrogen and oxygen atoms in total. The maximum absolute atomic E-state index is 13.4. The molecule has 0 unspecified atom stereocenters. The van der Waals surface area contributed by atoms with Gasteiger partial charge in [-0.1, -0.05) is 0 Å². The van der Waals surface area contributed by atoms with Gasteiger partial charge in [-0.3, -0.25) is 0 Å². The predicted molar refractivity (Wildman–Crippen MR) is 49.8 cm³/mol. The van der Waals surface area contributed by atoms with Gasteiger partial charge >= 0.3 is 0 Å². The summed E-state index contributed by atoms with van der Waals surface area (Å²) in [7, 11) is 2.71. The monoisotopic (exact) mass is 217 g/mol. The zero-order valence-electron chi connectivity index (χ0n) is 8.37. The Morgan fingerprint density at radius 2 is 2.07 bits per heavy atom. The molecule has 0 fully saturated rings. The molecule has 0 bridgehead atoms. The highest BCUT2D eigenvalue weighted by Gasteiger charge is 2.18. The fourth-order valence-corrected chi connectivity index (χ4v) is 1.27. The summed E-state index contributed by atoms with van der Waals surface area (Å²) < 4.78 is 23.2. The van der Waals surface area contributed by atoms with Crippen molar-refractivity contribution in [2.45, 2.75) is 6.54 Å². The average Bonchev–Trinajstić information content (AvgIpc) is 2.24. The lowest BCUT2D eigenvalue weighted by molar-refractivity contribution is 0.158. The van der Waals surface area contributed by atoms with E-state index in [4.69, 9.17) is 14.7 Å². The number of benzene rings is 1. The van der Waals surface area contributed by atoms with Gasteiger partial charge in [-0.15, -0.1) is 0 Å². The number of hydroxylamine groups is 1. The largest absolute Gasteiger partial charge is 0.505 e. The number of phenolic OH excluding ortho intramolecular Hbond substituents is 1. The number of halogens is 1. The van der Waals surface area contributed by atoms with Crippen LogP contribution >= 0.6 is 0 Å². The SMILES string of the molecule is COc1cc(O)c(F)c(CNO)c1OC. The van der Waals surface area contributed by atoms with Gasteiger partial charge in [-0.25, -0.2) is 9.87 Å². The van der Waals surface area contributed by atoms with Crippen LogP contribution in [0.25, 0.3) is 0 Å². The van der Waals surface area contributed by atoms with Crippen molar-refractivity contribution >= 4 is 0 Å². The van der Waals surface area contributed by atoms with Crippen molar-refractivity contribution in [1.82, 2.24) is 5.48 Å². The topological polar surface area (TPSA) is 71.0 Å². The number of ether oxygens (including phenoxy) is 2. The first kappa shape index (κ1) is 11.5. The van der Waals surface area contributed by atoms with E-state index in [9.17, 15) is 9.50 Å². The summed E-state index contributed by atoms with van der Waals surface area (Å²) in [6.45, 7) is -0.195. The van der Waals surface area contributed by atoms with E-state index in [1.807, 2.05) is 0 Å². The van der Waals surface area contributed by atoms with E-state index in [1.54, 1.807) is 5.48 Å². The number of hydrogen-bond donors (Lipinski definition) is 3. The van der Waals surface area contributed by atoms with Crippen molar-refractivity contribution in [2.24, 2.45) is 0 Å². The molecule has 0 aliphatic carbocycles. The van der Waals surface area contributed by atoms with E-state index in [1.165, 1.54) is 14.2 Å². The second-order valence-corrected chi connectivity index (χ2v) is 2.76. The lowest BCUT2D eigenvalue weighted by atomic mass is 10.1. The van der Waals surface area contributed by atoms with Gasteiger partial charge in [-0.05, 0) is 0 Å². The van der Waals surface area contributed by atoms with E-state index in [0.717, 1.165) is 6.07 Å². The first-order valence-electron chi connectivity index (χ1n) is 4.15. The summed E-state index contributed by atoms with van der Waals surface area (Å²) in [6, 6.07) is 1.11. The Kier molecular flexibility index (Phi) is 3.70. The van der Waals surface area contributed by atoms with Gasteiger partial charge < -0.3 is 19.8 Å². The minimum Gasteiger partial charge on any atom is -0.505 e. The molecule has 0 atom stereocenters. The highest BCUT2D eigenvalue weighted by atomic mass is 19.1. The molecule has 0 saturated carbocycles. The van der Waals surface area contributed by atoms with E-state index in [2.05, 4.69) is 0 Å². The van der Waals surface area contributed by atoms with Crippen LogP contribution in [0.2, 0.25) is 0 Å². The number of hydrogen-bond acceptors (Lipinski definition) is 5. The van der Waals surface area contributed by atoms with Crippen molar-refractivity contribution in [3.05, 3.63) is 17.4 Å². The number of aromatic hydroxyl groups is 1. The van der Waals surface area contributed by atoms with Crippen molar-refractivity contribution < 1.29 is 24.2 Å². The second kappa shape index (κ2) is 4.81. The molecule has 0 aliphatic heterocycles. The van der Waals surface area contributed by atoms with Crippen LogP contribution in [0.5, 0.6) is 17.2 Å². The molecule has 0 aromatic heterocycles. The van der Waals surface area contributed by atoms with Gasteiger partial charge in [0, 0.05) is 6.07 Å². The Hall–Kier alpha value is -1.53. The molecule has 0 amide bonds. The summed E-state index contributed by atoms with van der Waals surface area (Å²) in [5.74, 6) is -1.08. The molecule has 0 spiro atoms. The highest BCUT2D eigenvalue weighted by Crippen LogP contribution is 2.37. The Morgan fingerprint density at radius 1 is 1.40 bits per heavy atom. The molecular formula is C9H12FNO4. The van der Waals surface area contributed by atoms with Gasteiger partial charge in [0.1, 0.15) is 0 Å².